The summed E-state index contributed by atoms with van der Waals surface area (Å²) in [5.41, 5.74) is 0.784. The molecule has 0 aliphatic carbocycles. The number of hydrogen-bond donors (Lipinski definition) is 2. The fraction of sp³-hybridized carbons (Fsp3) is 0.250. The second kappa shape index (κ2) is 5.79. The molecule has 1 rings (SSSR count). The first-order valence-corrected chi connectivity index (χ1v) is 4.74. The van der Waals surface area contributed by atoms with Crippen molar-refractivity contribution in [3.05, 3.63) is 29.3 Å². The second-order valence-corrected chi connectivity index (χ2v) is 3.05. The van der Waals surface area contributed by atoms with E-state index in [0.29, 0.717) is 17.9 Å². The maximum Gasteiger partial charge on any atom is 0.335 e. The molecule has 0 radical (unpaired) electrons. The highest BCUT2D eigenvalue weighted by molar-refractivity contribution is 5.88. The summed E-state index contributed by atoms with van der Waals surface area (Å²) in [6, 6.07) is 4.60. The van der Waals surface area contributed by atoms with Gasteiger partial charge in [0.25, 0.3) is 0 Å². The monoisotopic (exact) mass is 219 g/mol. The Kier molecular flexibility index (Phi) is 4.37. The van der Waals surface area contributed by atoms with Gasteiger partial charge in [-0.15, -0.1) is 0 Å². The molecule has 0 saturated heterocycles. The number of nitrogens with one attached hydrogen (secondary N) is 1. The zero-order chi connectivity index (χ0) is 12.0. The molecule has 0 bridgehead atoms. The lowest BCUT2D eigenvalue weighted by molar-refractivity contribution is 0.0697. The summed E-state index contributed by atoms with van der Waals surface area (Å²) in [5, 5.41) is 11.7. The van der Waals surface area contributed by atoms with Crippen LogP contribution in [-0.4, -0.2) is 31.8 Å². The van der Waals surface area contributed by atoms with Crippen molar-refractivity contribution >= 4 is 5.97 Å². The fourth-order valence-corrected chi connectivity index (χ4v) is 1.17. The van der Waals surface area contributed by atoms with Gasteiger partial charge in [-0.1, -0.05) is 11.8 Å². The van der Waals surface area contributed by atoms with E-state index in [2.05, 4.69) is 17.2 Å². The number of carbonyl (C=O) groups is 1. The molecule has 0 fully saturated rings. The lowest BCUT2D eigenvalue weighted by atomic mass is 10.1. The van der Waals surface area contributed by atoms with Crippen molar-refractivity contribution in [1.82, 2.24) is 5.32 Å². The average Bonchev–Trinajstić information content (AvgIpc) is 2.29. The van der Waals surface area contributed by atoms with Gasteiger partial charge in [-0.2, -0.15) is 0 Å². The van der Waals surface area contributed by atoms with E-state index in [1.165, 1.54) is 19.2 Å². The molecular formula is C12H13NO3. The Hall–Kier alpha value is -1.99. The smallest absolute Gasteiger partial charge is 0.335 e. The third-order valence-electron chi connectivity index (χ3n) is 1.93. The van der Waals surface area contributed by atoms with Crippen LogP contribution in [0.15, 0.2) is 18.2 Å². The number of carboxylic acids is 1. The molecule has 0 saturated carbocycles. The zero-order valence-corrected chi connectivity index (χ0v) is 9.20. The molecule has 2 N–H and O–H groups in total. The number of carboxylic acid groups (broad SMARTS) is 1. The van der Waals surface area contributed by atoms with Gasteiger partial charge in [0.2, 0.25) is 0 Å². The van der Waals surface area contributed by atoms with E-state index in [-0.39, 0.29) is 5.56 Å². The van der Waals surface area contributed by atoms with Gasteiger partial charge < -0.3 is 15.2 Å². The summed E-state index contributed by atoms with van der Waals surface area (Å²) in [7, 11) is 3.32. The second-order valence-electron chi connectivity index (χ2n) is 3.05. The van der Waals surface area contributed by atoms with E-state index in [9.17, 15) is 4.79 Å². The summed E-state index contributed by atoms with van der Waals surface area (Å²) in [5.74, 6) is 5.32. The van der Waals surface area contributed by atoms with Gasteiger partial charge in [-0.3, -0.25) is 0 Å². The highest BCUT2D eigenvalue weighted by Crippen LogP contribution is 2.18. The highest BCUT2D eigenvalue weighted by Gasteiger charge is 2.06. The summed E-state index contributed by atoms with van der Waals surface area (Å²) in [6.45, 7) is 0.542. The highest BCUT2D eigenvalue weighted by atomic mass is 16.5. The minimum absolute atomic E-state index is 0.203. The standard InChI is InChI=1S/C12H13NO3/c1-13-7-3-4-9-8-10(12(14)15)5-6-11(9)16-2/h5-6,8,13H,7H2,1-2H3,(H,14,15). The molecule has 0 atom stereocenters. The van der Waals surface area contributed by atoms with E-state index in [1.54, 1.807) is 13.1 Å². The molecular weight excluding hydrogens is 206 g/mol. The van der Waals surface area contributed by atoms with Crippen LogP contribution in [0.4, 0.5) is 0 Å². The van der Waals surface area contributed by atoms with E-state index in [1.807, 2.05) is 0 Å². The van der Waals surface area contributed by atoms with E-state index in [4.69, 9.17) is 9.84 Å². The van der Waals surface area contributed by atoms with Gasteiger partial charge in [0.15, 0.2) is 0 Å². The first kappa shape index (κ1) is 12.1. The Morgan fingerprint density at radius 1 is 1.56 bits per heavy atom. The van der Waals surface area contributed by atoms with Gasteiger partial charge in [-0.25, -0.2) is 4.79 Å². The van der Waals surface area contributed by atoms with Gasteiger partial charge in [0, 0.05) is 0 Å². The fourth-order valence-electron chi connectivity index (χ4n) is 1.17. The van der Waals surface area contributed by atoms with Crippen LogP contribution in [0.25, 0.3) is 0 Å². The molecule has 0 unspecified atom stereocenters. The van der Waals surface area contributed by atoms with Crippen LogP contribution in [0.3, 0.4) is 0 Å². The topological polar surface area (TPSA) is 58.6 Å². The number of ether oxygens (including phenoxy) is 1. The summed E-state index contributed by atoms with van der Waals surface area (Å²) < 4.78 is 5.09. The molecule has 4 heteroatoms. The Morgan fingerprint density at radius 2 is 2.31 bits per heavy atom. The first-order valence-electron chi connectivity index (χ1n) is 4.74. The van der Waals surface area contributed by atoms with Crippen molar-refractivity contribution < 1.29 is 14.6 Å². The van der Waals surface area contributed by atoms with Gasteiger partial charge >= 0.3 is 5.97 Å². The van der Waals surface area contributed by atoms with Crippen LogP contribution in [0, 0.1) is 11.8 Å². The maximum absolute atomic E-state index is 10.8. The first-order chi connectivity index (χ1) is 7.69. The molecule has 16 heavy (non-hydrogen) atoms. The van der Waals surface area contributed by atoms with Crippen molar-refractivity contribution in [1.29, 1.82) is 0 Å². The van der Waals surface area contributed by atoms with Gasteiger partial charge in [0.1, 0.15) is 5.75 Å². The molecule has 4 nitrogen and oxygen atoms in total. The Bertz CT molecular complexity index is 443. The minimum Gasteiger partial charge on any atom is -0.495 e. The number of aromatic carboxylic acids is 1. The lowest BCUT2D eigenvalue weighted by Crippen LogP contribution is -2.04. The van der Waals surface area contributed by atoms with Crippen LogP contribution >= 0.6 is 0 Å². The molecule has 0 aliphatic rings. The van der Waals surface area contributed by atoms with E-state index < -0.39 is 5.97 Å². The lowest BCUT2D eigenvalue weighted by Gasteiger charge is -2.03. The zero-order valence-electron chi connectivity index (χ0n) is 9.20. The van der Waals surface area contributed by atoms with E-state index in [0.717, 1.165) is 0 Å². The molecule has 0 aromatic heterocycles. The minimum atomic E-state index is -0.973. The SMILES string of the molecule is CNCC#Cc1cc(C(=O)O)ccc1OC. The molecule has 0 amide bonds. The Balaban J connectivity index is 3.08. The van der Waals surface area contributed by atoms with Crippen molar-refractivity contribution in [2.45, 2.75) is 0 Å². The molecule has 0 heterocycles. The third kappa shape index (κ3) is 3.01. The van der Waals surface area contributed by atoms with Crippen LogP contribution in [-0.2, 0) is 0 Å². The third-order valence-corrected chi connectivity index (χ3v) is 1.93. The largest absolute Gasteiger partial charge is 0.495 e. The summed E-state index contributed by atoms with van der Waals surface area (Å²) in [6.07, 6.45) is 0. The molecule has 1 aromatic rings. The van der Waals surface area contributed by atoms with Crippen molar-refractivity contribution in [3.8, 4) is 17.6 Å². The van der Waals surface area contributed by atoms with Crippen molar-refractivity contribution in [2.24, 2.45) is 0 Å². The van der Waals surface area contributed by atoms with Crippen molar-refractivity contribution in [2.75, 3.05) is 20.7 Å². The number of methoxy groups -OCH3 is 1. The predicted octanol–water partition coefficient (Wildman–Crippen LogP) is 0.964. The normalized spacial score (nSPS) is 9.12. The van der Waals surface area contributed by atoms with Gasteiger partial charge in [-0.05, 0) is 25.2 Å². The molecule has 0 aliphatic heterocycles. The summed E-state index contributed by atoms with van der Waals surface area (Å²) >= 11 is 0. The Morgan fingerprint density at radius 3 is 2.88 bits per heavy atom. The maximum atomic E-state index is 10.8. The van der Waals surface area contributed by atoms with Crippen LogP contribution in [0.5, 0.6) is 5.75 Å². The molecule has 0 spiro atoms. The Labute approximate surface area is 94.2 Å². The predicted molar refractivity (Wildman–Crippen MR) is 60.8 cm³/mol. The average molecular weight is 219 g/mol. The quantitative estimate of drug-likeness (QED) is 0.743. The molecule has 1 aromatic carbocycles. The van der Waals surface area contributed by atoms with Crippen LogP contribution in [0.2, 0.25) is 0 Å². The van der Waals surface area contributed by atoms with Crippen LogP contribution < -0.4 is 10.1 Å². The van der Waals surface area contributed by atoms with E-state index >= 15 is 0 Å². The number of hydrogen-bond acceptors (Lipinski definition) is 3. The molecule has 84 valence electrons. The van der Waals surface area contributed by atoms with Gasteiger partial charge in [0.05, 0.1) is 24.8 Å². The number of benzene rings is 1. The number of rotatable bonds is 3. The van der Waals surface area contributed by atoms with Crippen LogP contribution in [0.1, 0.15) is 15.9 Å². The van der Waals surface area contributed by atoms with Crippen molar-refractivity contribution in [3.63, 3.8) is 0 Å². The summed E-state index contributed by atoms with van der Waals surface area (Å²) in [4.78, 5) is 10.8.